The van der Waals surface area contributed by atoms with Crippen molar-refractivity contribution < 1.29 is 28.7 Å². The number of likely N-dealkylation sites (tertiary alicyclic amines) is 1. The minimum Gasteiger partial charge on any atom is -0.379 e. The number of hydrogen-bond donors (Lipinski definition) is 2. The van der Waals surface area contributed by atoms with E-state index >= 15 is 0 Å². The van der Waals surface area contributed by atoms with Crippen LogP contribution in [0.25, 0.3) is 0 Å². The molecule has 1 aliphatic rings. The Kier molecular flexibility index (Phi) is 18.2. The molecule has 0 saturated carbocycles. The minimum atomic E-state index is -0.751. The zero-order valence-corrected chi connectivity index (χ0v) is 36.1. The predicted octanol–water partition coefficient (Wildman–Crippen LogP) is 5.19. The topological polar surface area (TPSA) is 133 Å². The van der Waals surface area contributed by atoms with Crippen molar-refractivity contribution in [2.24, 2.45) is 23.7 Å². The maximum absolute atomic E-state index is 14.3. The van der Waals surface area contributed by atoms with Crippen LogP contribution in [0.3, 0.4) is 0 Å². The molecule has 3 rings (SSSR count). The molecule has 0 unspecified atom stereocenters. The fourth-order valence-electron chi connectivity index (χ4n) is 8.17. The zero-order valence-electron chi connectivity index (χ0n) is 35.3. The van der Waals surface area contributed by atoms with Crippen molar-refractivity contribution in [2.45, 2.75) is 123 Å². The first-order valence-electron chi connectivity index (χ1n) is 19.9. The molecule has 308 valence electrons. The summed E-state index contributed by atoms with van der Waals surface area (Å²) < 4.78 is 12.1. The summed E-state index contributed by atoms with van der Waals surface area (Å²) in [5.41, 5.74) is 1.09. The van der Waals surface area contributed by atoms with Gasteiger partial charge < -0.3 is 29.9 Å². The van der Waals surface area contributed by atoms with E-state index in [4.69, 9.17) is 9.47 Å². The Morgan fingerprint density at radius 2 is 1.62 bits per heavy atom. The summed E-state index contributed by atoms with van der Waals surface area (Å²) in [6.07, 6.45) is 3.49. The van der Waals surface area contributed by atoms with Crippen LogP contribution in [-0.4, -0.2) is 122 Å². The smallest absolute Gasteiger partial charge is 0.245 e. The third kappa shape index (κ3) is 12.1. The lowest BCUT2D eigenvalue weighted by Gasteiger charge is -2.41. The maximum Gasteiger partial charge on any atom is 0.245 e. The third-order valence-corrected chi connectivity index (χ3v) is 12.2. The number of methoxy groups -OCH3 is 2. The van der Waals surface area contributed by atoms with Crippen molar-refractivity contribution >= 4 is 35.0 Å². The summed E-state index contributed by atoms with van der Waals surface area (Å²) in [6.45, 7) is 14.3. The van der Waals surface area contributed by atoms with Gasteiger partial charge in [0, 0.05) is 39.4 Å². The number of hydrogen-bond acceptors (Lipinski definition) is 9. The van der Waals surface area contributed by atoms with Gasteiger partial charge in [-0.3, -0.25) is 24.1 Å². The van der Waals surface area contributed by atoms with Gasteiger partial charge in [0.05, 0.1) is 48.7 Å². The summed E-state index contributed by atoms with van der Waals surface area (Å²) >= 11 is 1.51. The molecule has 2 N–H and O–H groups in total. The number of nitrogens with one attached hydrogen (secondary N) is 2. The molecule has 1 aromatic carbocycles. The van der Waals surface area contributed by atoms with Gasteiger partial charge in [-0.05, 0) is 56.7 Å². The Labute approximate surface area is 334 Å². The van der Waals surface area contributed by atoms with E-state index in [-0.39, 0.29) is 65.9 Å². The lowest BCUT2D eigenvalue weighted by atomic mass is 9.89. The van der Waals surface area contributed by atoms with E-state index in [0.29, 0.717) is 19.4 Å². The average molecular weight is 785 g/mol. The Balaban J connectivity index is 1.79. The number of benzene rings is 1. The SMILES string of the molecule is CC[C@@H](C)[C@@H]([C@@H](CC(=O)N1CCC[C@H]1[C@@H](OC)[C@@H](C)C(=O)N[C@@H](Cc1ccccc1)c1nccs1)OC)N(C)C(=O)[C@@H](NC(=O)[C@H](C(C)C)N(C)C)C(C)C. The van der Waals surface area contributed by atoms with E-state index in [2.05, 4.69) is 29.5 Å². The van der Waals surface area contributed by atoms with Gasteiger partial charge in [-0.1, -0.05) is 85.2 Å². The molecule has 13 heteroatoms. The van der Waals surface area contributed by atoms with Gasteiger partial charge in [-0.25, -0.2) is 4.98 Å². The van der Waals surface area contributed by atoms with Crippen molar-refractivity contribution in [3.63, 3.8) is 0 Å². The molecule has 2 heterocycles. The van der Waals surface area contributed by atoms with Crippen molar-refractivity contribution in [1.29, 1.82) is 0 Å². The number of rotatable bonds is 21. The maximum atomic E-state index is 14.3. The van der Waals surface area contributed by atoms with Crippen molar-refractivity contribution in [3.8, 4) is 0 Å². The summed E-state index contributed by atoms with van der Waals surface area (Å²) in [6, 6.07) is 7.83. The van der Waals surface area contributed by atoms with Crippen LogP contribution >= 0.6 is 11.3 Å². The molecule has 0 radical (unpaired) electrons. The lowest BCUT2D eigenvalue weighted by molar-refractivity contribution is -0.148. The van der Waals surface area contributed by atoms with Crippen LogP contribution < -0.4 is 10.6 Å². The molecular formula is C42H68N6O6S. The van der Waals surface area contributed by atoms with Crippen LogP contribution in [0.15, 0.2) is 41.9 Å². The van der Waals surface area contributed by atoms with Gasteiger partial charge in [0.1, 0.15) is 11.0 Å². The normalized spacial score (nSPS) is 19.0. The predicted molar refractivity (Wildman–Crippen MR) is 218 cm³/mol. The molecular weight excluding hydrogens is 717 g/mol. The van der Waals surface area contributed by atoms with Crippen molar-refractivity contribution in [3.05, 3.63) is 52.5 Å². The molecule has 1 aliphatic heterocycles. The summed E-state index contributed by atoms with van der Waals surface area (Å²) in [5.74, 6) is -1.35. The van der Waals surface area contributed by atoms with E-state index in [9.17, 15) is 19.2 Å². The second-order valence-corrected chi connectivity index (χ2v) is 17.0. The number of amides is 4. The zero-order chi connectivity index (χ0) is 41.0. The first-order valence-corrected chi connectivity index (χ1v) is 20.8. The molecule has 12 nitrogen and oxygen atoms in total. The van der Waals surface area contributed by atoms with E-state index in [1.165, 1.54) is 11.3 Å². The monoisotopic (exact) mass is 784 g/mol. The molecule has 1 fully saturated rings. The molecule has 4 amide bonds. The highest BCUT2D eigenvalue weighted by atomic mass is 32.1. The molecule has 0 spiro atoms. The van der Waals surface area contributed by atoms with Gasteiger partial charge in [0.15, 0.2) is 0 Å². The van der Waals surface area contributed by atoms with Gasteiger partial charge in [0.2, 0.25) is 23.6 Å². The second-order valence-electron chi connectivity index (χ2n) is 16.1. The number of aromatic nitrogens is 1. The molecule has 0 aliphatic carbocycles. The molecule has 0 bridgehead atoms. The Hall–Kier alpha value is -3.39. The molecule has 1 aromatic heterocycles. The molecule has 2 aromatic rings. The number of thiazole rings is 1. The lowest BCUT2D eigenvalue weighted by Crippen LogP contribution is -2.59. The largest absolute Gasteiger partial charge is 0.379 e. The Morgan fingerprint density at radius 1 is 0.945 bits per heavy atom. The Bertz CT molecular complexity index is 1480. The first-order chi connectivity index (χ1) is 26.1. The third-order valence-electron chi connectivity index (χ3n) is 11.3. The Morgan fingerprint density at radius 3 is 2.15 bits per heavy atom. The number of ether oxygens (including phenoxy) is 2. The van der Waals surface area contributed by atoms with Gasteiger partial charge in [-0.15, -0.1) is 11.3 Å². The van der Waals surface area contributed by atoms with Crippen molar-refractivity contribution in [1.82, 2.24) is 30.3 Å². The molecule has 55 heavy (non-hydrogen) atoms. The van der Waals surface area contributed by atoms with E-state index in [0.717, 1.165) is 23.4 Å². The van der Waals surface area contributed by atoms with Crippen LogP contribution in [0.5, 0.6) is 0 Å². The van der Waals surface area contributed by atoms with E-state index in [1.807, 2.05) is 94.2 Å². The number of likely N-dealkylation sites (N-methyl/N-ethyl adjacent to an activating group) is 2. The molecule has 9 atom stereocenters. The number of carbonyl (C=O) groups excluding carboxylic acids is 4. The van der Waals surface area contributed by atoms with Crippen LogP contribution in [0, 0.1) is 23.7 Å². The minimum absolute atomic E-state index is 0.00751. The highest BCUT2D eigenvalue weighted by Crippen LogP contribution is 2.30. The average Bonchev–Trinajstić information content (AvgIpc) is 3.87. The summed E-state index contributed by atoms with van der Waals surface area (Å²) in [4.78, 5) is 65.8. The van der Waals surface area contributed by atoms with Crippen LogP contribution in [0.4, 0.5) is 0 Å². The highest BCUT2D eigenvalue weighted by molar-refractivity contribution is 7.09. The standard InChI is InChI=1S/C42H68N6O6S/c1-13-28(6)37(47(10)42(52)35(26(2)3)45-40(51)36(27(4)5)46(8)9)33(53-11)25-34(49)48-22-17-20-32(48)38(54-12)29(7)39(50)44-31(41-43-21-23-55-41)24-30-18-15-14-16-19-30/h14-16,18-19,21,23,26-29,31-33,35-38H,13,17,20,22,24-25H2,1-12H3,(H,44,50)(H,45,51)/t28-,29-,31+,32+,33-,35+,36+,37+,38+/m1/s1. The highest BCUT2D eigenvalue weighted by Gasteiger charge is 2.43. The van der Waals surface area contributed by atoms with Gasteiger partial charge in [0.25, 0.3) is 0 Å². The second kappa shape index (κ2) is 21.8. The van der Waals surface area contributed by atoms with Crippen LogP contribution in [0.2, 0.25) is 0 Å². The van der Waals surface area contributed by atoms with E-state index < -0.39 is 30.2 Å². The van der Waals surface area contributed by atoms with Crippen LogP contribution in [-0.2, 0) is 35.1 Å². The summed E-state index contributed by atoms with van der Waals surface area (Å²) in [5, 5.41) is 9.02. The number of nitrogens with zero attached hydrogens (tertiary/aromatic N) is 4. The van der Waals surface area contributed by atoms with Gasteiger partial charge in [-0.2, -0.15) is 0 Å². The molecule has 1 saturated heterocycles. The van der Waals surface area contributed by atoms with Crippen LogP contribution in [0.1, 0.15) is 90.8 Å². The van der Waals surface area contributed by atoms with E-state index in [1.54, 1.807) is 32.4 Å². The fraction of sp³-hybridized carbons (Fsp3) is 0.690. The summed E-state index contributed by atoms with van der Waals surface area (Å²) in [7, 11) is 8.66. The van der Waals surface area contributed by atoms with Crippen molar-refractivity contribution in [2.75, 3.05) is 41.9 Å². The van der Waals surface area contributed by atoms with Gasteiger partial charge >= 0.3 is 0 Å². The first kappa shape index (κ1) is 46.0. The fourth-order valence-corrected chi connectivity index (χ4v) is 8.86. The quantitative estimate of drug-likeness (QED) is 0.177. The number of carbonyl (C=O) groups is 4.